The topological polar surface area (TPSA) is 63.2 Å². The summed E-state index contributed by atoms with van der Waals surface area (Å²) in [5.41, 5.74) is 0. The van der Waals surface area contributed by atoms with Crippen molar-refractivity contribution in [3.8, 4) is 0 Å². The summed E-state index contributed by atoms with van der Waals surface area (Å²) in [6.07, 6.45) is -1.40. The van der Waals surface area contributed by atoms with Gasteiger partial charge >= 0.3 is 11.4 Å². The van der Waals surface area contributed by atoms with Crippen molar-refractivity contribution < 1.29 is 26.8 Å². The fourth-order valence-corrected chi connectivity index (χ4v) is 2.75. The maximum atomic E-state index is 11.1. The Labute approximate surface area is 89.6 Å². The summed E-state index contributed by atoms with van der Waals surface area (Å²) >= 11 is -1.70. The number of hydrogen-bond donors (Lipinski definition) is 0. The highest BCUT2D eigenvalue weighted by Crippen LogP contribution is 2.40. The molecule has 15 heavy (non-hydrogen) atoms. The lowest BCUT2D eigenvalue weighted by Crippen LogP contribution is -2.43. The van der Waals surface area contributed by atoms with E-state index in [0.29, 0.717) is 0 Å². The van der Waals surface area contributed by atoms with Crippen molar-refractivity contribution in [1.29, 1.82) is 0 Å². The molecule has 0 aromatic carbocycles. The smallest absolute Gasteiger partial charge is 0.305 e. The zero-order valence-corrected chi connectivity index (χ0v) is 9.19. The first-order chi connectivity index (χ1) is 7.05. The van der Waals surface area contributed by atoms with Gasteiger partial charge in [-0.25, -0.2) is 0 Å². The standard InChI is InChI=1S/C8H12O6S/c1-8(2)12-6-5-4(11-7(6)13-8)3-10-15(9)14-5/h4-7H,3H2,1-2H3/t4-,5+,6-,7-,15-/m1/s1. The minimum atomic E-state index is -1.70. The van der Waals surface area contributed by atoms with E-state index in [1.165, 1.54) is 0 Å². The van der Waals surface area contributed by atoms with Crippen LogP contribution in [0, 0.1) is 0 Å². The van der Waals surface area contributed by atoms with Crippen LogP contribution in [0.1, 0.15) is 13.8 Å². The van der Waals surface area contributed by atoms with Gasteiger partial charge < -0.3 is 14.2 Å². The third kappa shape index (κ3) is 1.63. The first-order valence-corrected chi connectivity index (χ1v) is 5.78. The lowest BCUT2D eigenvalue weighted by Gasteiger charge is -2.27. The van der Waals surface area contributed by atoms with E-state index in [0.717, 1.165) is 0 Å². The quantitative estimate of drug-likeness (QED) is 0.583. The lowest BCUT2D eigenvalue weighted by molar-refractivity contribution is -0.218. The molecule has 0 unspecified atom stereocenters. The lowest BCUT2D eigenvalue weighted by atomic mass is 10.1. The largest absolute Gasteiger partial charge is 0.341 e. The number of fused-ring (bicyclic) bond motifs is 3. The highest BCUT2D eigenvalue weighted by atomic mass is 32.2. The third-order valence-corrected chi connectivity index (χ3v) is 3.31. The zero-order valence-electron chi connectivity index (χ0n) is 8.37. The molecule has 3 aliphatic rings. The maximum absolute atomic E-state index is 11.1. The fourth-order valence-electron chi connectivity index (χ4n) is 2.04. The molecule has 0 spiro atoms. The summed E-state index contributed by atoms with van der Waals surface area (Å²) in [6.45, 7) is 3.86. The Morgan fingerprint density at radius 1 is 1.27 bits per heavy atom. The molecule has 3 saturated heterocycles. The van der Waals surface area contributed by atoms with E-state index in [2.05, 4.69) is 0 Å². The van der Waals surface area contributed by atoms with Crippen LogP contribution < -0.4 is 0 Å². The molecule has 5 atom stereocenters. The van der Waals surface area contributed by atoms with E-state index in [1.807, 2.05) is 0 Å². The van der Waals surface area contributed by atoms with Crippen molar-refractivity contribution in [2.45, 2.75) is 44.2 Å². The average molecular weight is 236 g/mol. The number of rotatable bonds is 0. The molecule has 6 nitrogen and oxygen atoms in total. The molecule has 0 saturated carbocycles. The molecular weight excluding hydrogens is 224 g/mol. The summed E-state index contributed by atoms with van der Waals surface area (Å²) in [5, 5.41) is 0. The van der Waals surface area contributed by atoms with E-state index in [9.17, 15) is 4.21 Å². The predicted molar refractivity (Wildman–Crippen MR) is 47.7 cm³/mol. The van der Waals surface area contributed by atoms with Crippen molar-refractivity contribution in [3.63, 3.8) is 0 Å². The van der Waals surface area contributed by atoms with Crippen LogP contribution in [0.2, 0.25) is 0 Å². The molecule has 0 aliphatic carbocycles. The second-order valence-electron chi connectivity index (χ2n) is 4.19. The zero-order chi connectivity index (χ0) is 10.6. The molecule has 3 heterocycles. The molecule has 3 rings (SSSR count). The maximum Gasteiger partial charge on any atom is 0.305 e. The SMILES string of the molecule is CC1(C)O[C@H]2O[C@@H]3CO[S@@](=O)O[C@@H]3[C@H]2O1. The van der Waals surface area contributed by atoms with E-state index in [1.54, 1.807) is 13.8 Å². The normalized spacial score (nSPS) is 52.5. The van der Waals surface area contributed by atoms with Crippen molar-refractivity contribution in [2.24, 2.45) is 0 Å². The van der Waals surface area contributed by atoms with Gasteiger partial charge in [0.2, 0.25) is 0 Å². The minimum absolute atomic E-state index is 0.247. The number of ether oxygens (including phenoxy) is 3. The molecule has 0 aromatic heterocycles. The molecule has 0 bridgehead atoms. The highest BCUT2D eigenvalue weighted by molar-refractivity contribution is 7.75. The Morgan fingerprint density at radius 2 is 2.07 bits per heavy atom. The van der Waals surface area contributed by atoms with Crippen LogP contribution in [-0.4, -0.2) is 41.2 Å². The molecule has 3 fully saturated rings. The van der Waals surface area contributed by atoms with Gasteiger partial charge in [0.05, 0.1) is 6.61 Å². The Morgan fingerprint density at radius 3 is 2.87 bits per heavy atom. The van der Waals surface area contributed by atoms with Crippen molar-refractivity contribution in [1.82, 2.24) is 0 Å². The van der Waals surface area contributed by atoms with Gasteiger partial charge in [-0.2, -0.15) is 4.21 Å². The molecule has 0 radical (unpaired) electrons. The highest BCUT2D eigenvalue weighted by Gasteiger charge is 2.57. The van der Waals surface area contributed by atoms with Crippen LogP contribution in [-0.2, 0) is 33.9 Å². The average Bonchev–Trinajstić information content (AvgIpc) is 2.58. The number of hydrogen-bond acceptors (Lipinski definition) is 6. The molecule has 0 N–H and O–H groups in total. The Balaban J connectivity index is 1.79. The molecule has 0 amide bonds. The van der Waals surface area contributed by atoms with Gasteiger partial charge in [0.1, 0.15) is 18.3 Å². The fraction of sp³-hybridized carbons (Fsp3) is 1.00. The van der Waals surface area contributed by atoms with Gasteiger partial charge in [0.25, 0.3) is 0 Å². The van der Waals surface area contributed by atoms with Gasteiger partial charge in [0.15, 0.2) is 12.1 Å². The second kappa shape index (κ2) is 3.22. The Kier molecular flexibility index (Phi) is 2.17. The van der Waals surface area contributed by atoms with Gasteiger partial charge in [0, 0.05) is 0 Å². The first kappa shape index (κ1) is 10.1. The van der Waals surface area contributed by atoms with E-state index >= 15 is 0 Å². The monoisotopic (exact) mass is 236 g/mol. The van der Waals surface area contributed by atoms with Gasteiger partial charge in [-0.1, -0.05) is 0 Å². The summed E-state index contributed by atoms with van der Waals surface area (Å²) in [5.74, 6) is -0.677. The van der Waals surface area contributed by atoms with Crippen LogP contribution in [0.15, 0.2) is 0 Å². The van der Waals surface area contributed by atoms with E-state index in [4.69, 9.17) is 22.6 Å². The summed E-state index contributed by atoms with van der Waals surface area (Å²) in [7, 11) is 0. The van der Waals surface area contributed by atoms with E-state index in [-0.39, 0.29) is 24.9 Å². The third-order valence-electron chi connectivity index (χ3n) is 2.61. The van der Waals surface area contributed by atoms with Crippen LogP contribution in [0.3, 0.4) is 0 Å². The van der Waals surface area contributed by atoms with Crippen LogP contribution >= 0.6 is 0 Å². The van der Waals surface area contributed by atoms with Crippen molar-refractivity contribution in [2.75, 3.05) is 6.61 Å². The van der Waals surface area contributed by atoms with E-state index < -0.39 is 23.4 Å². The first-order valence-electron chi connectivity index (χ1n) is 4.78. The van der Waals surface area contributed by atoms with Gasteiger partial charge in [-0.15, -0.1) is 0 Å². The summed E-state index contributed by atoms with van der Waals surface area (Å²) < 4.78 is 37.7. The second-order valence-corrected chi connectivity index (χ2v) is 5.03. The van der Waals surface area contributed by atoms with Gasteiger partial charge in [-0.3, -0.25) is 8.37 Å². The summed E-state index contributed by atoms with van der Waals surface area (Å²) in [6, 6.07) is 0. The van der Waals surface area contributed by atoms with Crippen LogP contribution in [0.25, 0.3) is 0 Å². The van der Waals surface area contributed by atoms with Crippen LogP contribution in [0.4, 0.5) is 0 Å². The molecule has 7 heteroatoms. The van der Waals surface area contributed by atoms with Crippen LogP contribution in [0.5, 0.6) is 0 Å². The predicted octanol–water partition coefficient (Wildman–Crippen LogP) is -0.143. The molecule has 86 valence electrons. The van der Waals surface area contributed by atoms with Crippen molar-refractivity contribution >= 4 is 11.4 Å². The Bertz CT molecular complexity index is 306. The molecule has 0 aromatic rings. The van der Waals surface area contributed by atoms with Crippen molar-refractivity contribution in [3.05, 3.63) is 0 Å². The minimum Gasteiger partial charge on any atom is -0.341 e. The molecule has 3 aliphatic heterocycles. The molecular formula is C8H12O6S. The van der Waals surface area contributed by atoms with Gasteiger partial charge in [-0.05, 0) is 13.8 Å². The Hall–Kier alpha value is -0.0500. The summed E-state index contributed by atoms with van der Waals surface area (Å²) in [4.78, 5) is 0.